The molecular formula is C29H33N3O3. The zero-order chi connectivity index (χ0) is 24.9. The van der Waals surface area contributed by atoms with Gasteiger partial charge in [0.15, 0.2) is 0 Å². The molecule has 0 bridgehead atoms. The third-order valence-corrected chi connectivity index (χ3v) is 6.06. The van der Waals surface area contributed by atoms with Gasteiger partial charge < -0.3 is 14.5 Å². The Hall–Kier alpha value is -3.80. The van der Waals surface area contributed by atoms with Crippen molar-refractivity contribution in [1.29, 1.82) is 0 Å². The molecular weight excluding hydrogens is 438 g/mol. The molecule has 1 aliphatic heterocycles. The number of para-hydroxylation sites is 1. The fraction of sp³-hybridized carbons (Fsp3) is 0.310. The first-order chi connectivity index (χ1) is 16.8. The lowest BCUT2D eigenvalue weighted by atomic mass is 10.1. The van der Waals surface area contributed by atoms with Crippen molar-refractivity contribution in [2.45, 2.75) is 40.2 Å². The highest BCUT2D eigenvalue weighted by molar-refractivity contribution is 5.97. The van der Waals surface area contributed by atoms with Crippen LogP contribution in [0.3, 0.4) is 0 Å². The Morgan fingerprint density at radius 1 is 1.03 bits per heavy atom. The molecule has 0 saturated carbocycles. The van der Waals surface area contributed by atoms with Crippen molar-refractivity contribution in [3.8, 4) is 0 Å². The molecule has 2 amide bonds. The van der Waals surface area contributed by atoms with E-state index < -0.39 is 12.2 Å². The first-order valence-electron chi connectivity index (χ1n) is 12.1. The van der Waals surface area contributed by atoms with E-state index in [2.05, 4.69) is 36.2 Å². The van der Waals surface area contributed by atoms with Crippen LogP contribution in [0.2, 0.25) is 0 Å². The first kappa shape index (κ1) is 24.3. The van der Waals surface area contributed by atoms with Gasteiger partial charge in [-0.2, -0.15) is 0 Å². The molecule has 35 heavy (non-hydrogen) atoms. The van der Waals surface area contributed by atoms with Crippen LogP contribution in [0.4, 0.5) is 27.5 Å². The van der Waals surface area contributed by atoms with E-state index >= 15 is 0 Å². The van der Waals surface area contributed by atoms with Crippen LogP contribution in [-0.4, -0.2) is 31.2 Å². The van der Waals surface area contributed by atoms with Crippen LogP contribution in [-0.2, 0) is 9.53 Å². The molecule has 0 aliphatic carbocycles. The largest absolute Gasteiger partial charge is 0.444 e. The smallest absolute Gasteiger partial charge is 0.411 e. The molecule has 3 aromatic carbocycles. The minimum atomic E-state index is -0.555. The number of benzene rings is 3. The summed E-state index contributed by atoms with van der Waals surface area (Å²) in [5.74, 6) is 0.451. The number of aryl methyl sites for hydroxylation is 2. The normalized spacial score (nSPS) is 15.4. The molecule has 4 rings (SSSR count). The molecule has 1 unspecified atom stereocenters. The van der Waals surface area contributed by atoms with E-state index in [-0.39, 0.29) is 12.3 Å². The maximum Gasteiger partial charge on any atom is 0.411 e. The summed E-state index contributed by atoms with van der Waals surface area (Å²) >= 11 is 0. The minimum absolute atomic E-state index is 0.0352. The highest BCUT2D eigenvalue weighted by Crippen LogP contribution is 2.29. The van der Waals surface area contributed by atoms with Gasteiger partial charge in [-0.1, -0.05) is 44.2 Å². The van der Waals surface area contributed by atoms with Gasteiger partial charge in [0.1, 0.15) is 6.10 Å². The SMILES string of the molecule is Cc1ccc(C)c(N2CC(OC(=O)Nc3ccc(N(CC(C)C)c4ccccc4)cc3)CC2=O)c1. The molecule has 0 radical (unpaired) electrons. The van der Waals surface area contributed by atoms with E-state index in [4.69, 9.17) is 4.74 Å². The van der Waals surface area contributed by atoms with Crippen molar-refractivity contribution in [2.75, 3.05) is 28.2 Å². The number of carbonyl (C=O) groups excluding carboxylic acids is 2. The number of rotatable bonds is 7. The fourth-order valence-corrected chi connectivity index (χ4v) is 4.35. The van der Waals surface area contributed by atoms with E-state index in [1.165, 1.54) is 0 Å². The van der Waals surface area contributed by atoms with Crippen LogP contribution in [0, 0.1) is 19.8 Å². The highest BCUT2D eigenvalue weighted by Gasteiger charge is 2.34. The van der Waals surface area contributed by atoms with Gasteiger partial charge in [-0.15, -0.1) is 0 Å². The van der Waals surface area contributed by atoms with Crippen molar-refractivity contribution < 1.29 is 14.3 Å². The topological polar surface area (TPSA) is 61.9 Å². The Morgan fingerprint density at radius 2 is 1.71 bits per heavy atom. The number of hydrogen-bond donors (Lipinski definition) is 1. The van der Waals surface area contributed by atoms with Crippen molar-refractivity contribution in [2.24, 2.45) is 5.92 Å². The lowest BCUT2D eigenvalue weighted by Gasteiger charge is -2.27. The average molecular weight is 472 g/mol. The molecule has 1 fully saturated rings. The summed E-state index contributed by atoms with van der Waals surface area (Å²) < 4.78 is 5.58. The van der Waals surface area contributed by atoms with E-state index in [1.807, 2.05) is 74.5 Å². The Bertz CT molecular complexity index is 1180. The minimum Gasteiger partial charge on any atom is -0.444 e. The molecule has 1 atom stereocenters. The Morgan fingerprint density at radius 3 is 2.40 bits per heavy atom. The van der Waals surface area contributed by atoms with Crippen LogP contribution in [0.5, 0.6) is 0 Å². The molecule has 0 aromatic heterocycles. The molecule has 1 aliphatic rings. The second-order valence-electron chi connectivity index (χ2n) is 9.54. The van der Waals surface area contributed by atoms with E-state index in [0.717, 1.165) is 34.7 Å². The van der Waals surface area contributed by atoms with Crippen LogP contribution < -0.4 is 15.1 Å². The summed E-state index contributed by atoms with van der Waals surface area (Å²) in [6, 6.07) is 24.0. The number of ether oxygens (including phenoxy) is 1. The average Bonchev–Trinajstić information content (AvgIpc) is 3.19. The molecule has 3 aromatic rings. The molecule has 6 nitrogen and oxygen atoms in total. The number of hydrogen-bond acceptors (Lipinski definition) is 4. The molecule has 1 N–H and O–H groups in total. The van der Waals surface area contributed by atoms with Gasteiger partial charge >= 0.3 is 6.09 Å². The van der Waals surface area contributed by atoms with E-state index in [0.29, 0.717) is 18.2 Å². The van der Waals surface area contributed by atoms with Crippen LogP contribution in [0.1, 0.15) is 31.4 Å². The molecule has 1 saturated heterocycles. The van der Waals surface area contributed by atoms with Crippen molar-refractivity contribution >= 4 is 34.7 Å². The molecule has 1 heterocycles. The molecule has 0 spiro atoms. The van der Waals surface area contributed by atoms with Gasteiger partial charge in [0.2, 0.25) is 5.91 Å². The van der Waals surface area contributed by atoms with Crippen LogP contribution in [0.25, 0.3) is 0 Å². The second-order valence-corrected chi connectivity index (χ2v) is 9.54. The van der Waals surface area contributed by atoms with Gasteiger partial charge in [-0.05, 0) is 73.4 Å². The standard InChI is InChI=1S/C29H33N3O3/c1-20(2)18-31(24-8-6-5-7-9-24)25-14-12-23(13-15-25)30-29(34)35-26-17-28(33)32(19-26)27-16-21(3)10-11-22(27)4/h5-16,20,26H,17-19H2,1-4H3,(H,30,34). The number of carbonyl (C=O) groups is 2. The van der Waals surface area contributed by atoms with E-state index in [1.54, 1.807) is 4.90 Å². The van der Waals surface area contributed by atoms with Gasteiger partial charge in [0, 0.05) is 29.3 Å². The van der Waals surface area contributed by atoms with Crippen molar-refractivity contribution in [3.63, 3.8) is 0 Å². The third-order valence-electron chi connectivity index (χ3n) is 6.06. The summed E-state index contributed by atoms with van der Waals surface area (Å²) in [5, 5.41) is 2.80. The zero-order valence-electron chi connectivity index (χ0n) is 20.8. The van der Waals surface area contributed by atoms with Gasteiger partial charge in [0.25, 0.3) is 0 Å². The maximum absolute atomic E-state index is 12.6. The summed E-state index contributed by atoms with van der Waals surface area (Å²) in [6.07, 6.45) is -0.859. The Labute approximate surface area is 207 Å². The molecule has 182 valence electrons. The quantitative estimate of drug-likeness (QED) is 0.430. The van der Waals surface area contributed by atoms with Crippen molar-refractivity contribution in [1.82, 2.24) is 0 Å². The fourth-order valence-electron chi connectivity index (χ4n) is 4.35. The summed E-state index contributed by atoms with van der Waals surface area (Å²) in [7, 11) is 0. The van der Waals surface area contributed by atoms with Gasteiger partial charge in [-0.3, -0.25) is 10.1 Å². The Balaban J connectivity index is 1.38. The predicted molar refractivity (Wildman–Crippen MR) is 142 cm³/mol. The zero-order valence-corrected chi connectivity index (χ0v) is 20.8. The van der Waals surface area contributed by atoms with Gasteiger partial charge in [-0.25, -0.2) is 4.79 Å². The van der Waals surface area contributed by atoms with Crippen LogP contribution >= 0.6 is 0 Å². The number of nitrogens with zero attached hydrogens (tertiary/aromatic N) is 2. The Kier molecular flexibility index (Phi) is 7.39. The summed E-state index contributed by atoms with van der Waals surface area (Å²) in [5.41, 5.74) is 5.81. The predicted octanol–water partition coefficient (Wildman–Crippen LogP) is 6.45. The second kappa shape index (κ2) is 10.6. The monoisotopic (exact) mass is 471 g/mol. The lowest BCUT2D eigenvalue weighted by molar-refractivity contribution is -0.117. The molecule has 6 heteroatoms. The van der Waals surface area contributed by atoms with E-state index in [9.17, 15) is 9.59 Å². The third kappa shape index (κ3) is 6.01. The maximum atomic E-state index is 12.6. The number of nitrogens with one attached hydrogen (secondary N) is 1. The van der Waals surface area contributed by atoms with Crippen molar-refractivity contribution in [3.05, 3.63) is 83.9 Å². The van der Waals surface area contributed by atoms with Gasteiger partial charge in [0.05, 0.1) is 13.0 Å². The summed E-state index contributed by atoms with van der Waals surface area (Å²) in [6.45, 7) is 9.60. The number of amides is 2. The number of anilines is 4. The highest BCUT2D eigenvalue weighted by atomic mass is 16.6. The summed E-state index contributed by atoms with van der Waals surface area (Å²) in [4.78, 5) is 29.1. The lowest BCUT2D eigenvalue weighted by Crippen LogP contribution is -2.28. The first-order valence-corrected chi connectivity index (χ1v) is 12.1. The van der Waals surface area contributed by atoms with Crippen LogP contribution in [0.15, 0.2) is 72.8 Å².